The van der Waals surface area contributed by atoms with Gasteiger partial charge in [0.25, 0.3) is 0 Å². The fraction of sp³-hybridized carbons (Fsp3) is 0.800. The molecule has 46 valence electrons. The predicted octanol–water partition coefficient (Wildman–Crippen LogP) is -0.756. The Labute approximate surface area is 47.5 Å². The monoisotopic (exact) mass is 115 g/mol. The number of aliphatic hydroxyl groups is 1. The van der Waals surface area contributed by atoms with E-state index in [9.17, 15) is 4.79 Å². The highest BCUT2D eigenvalue weighted by atomic mass is 16.3. The zero-order valence-corrected chi connectivity index (χ0v) is 4.55. The SMILES string of the molecule is NC(=O)C1(CO)CC1. The summed E-state index contributed by atoms with van der Waals surface area (Å²) in [4.78, 5) is 10.4. The molecule has 0 saturated heterocycles. The minimum atomic E-state index is -0.514. The largest absolute Gasteiger partial charge is 0.395 e. The standard InChI is InChI=1S/C5H9NO2/c6-4(8)5(3-7)1-2-5/h7H,1-3H2,(H2,6,8). The van der Waals surface area contributed by atoms with Crippen molar-refractivity contribution in [3.63, 3.8) is 0 Å². The van der Waals surface area contributed by atoms with E-state index in [1.807, 2.05) is 0 Å². The molecular weight excluding hydrogens is 106 g/mol. The average molecular weight is 115 g/mol. The van der Waals surface area contributed by atoms with Gasteiger partial charge in [-0.25, -0.2) is 0 Å². The van der Waals surface area contributed by atoms with Gasteiger partial charge in [-0.05, 0) is 12.8 Å². The van der Waals surface area contributed by atoms with Gasteiger partial charge in [0.1, 0.15) is 0 Å². The fourth-order valence-corrected chi connectivity index (χ4v) is 0.633. The quantitative estimate of drug-likeness (QED) is 0.497. The number of hydrogen-bond acceptors (Lipinski definition) is 2. The fourth-order valence-electron chi connectivity index (χ4n) is 0.633. The van der Waals surface area contributed by atoms with E-state index in [1.165, 1.54) is 0 Å². The zero-order chi connectivity index (χ0) is 6.20. The van der Waals surface area contributed by atoms with Crippen molar-refractivity contribution >= 4 is 5.91 Å². The first-order chi connectivity index (χ1) is 3.71. The lowest BCUT2D eigenvalue weighted by Gasteiger charge is -2.02. The summed E-state index contributed by atoms with van der Waals surface area (Å²) in [5.74, 6) is -0.361. The molecule has 0 spiro atoms. The van der Waals surface area contributed by atoms with Crippen molar-refractivity contribution in [3.05, 3.63) is 0 Å². The highest BCUT2D eigenvalue weighted by Gasteiger charge is 2.47. The average Bonchev–Trinajstić information content (AvgIpc) is 2.44. The van der Waals surface area contributed by atoms with Crippen LogP contribution in [-0.4, -0.2) is 17.6 Å². The Kier molecular flexibility index (Phi) is 1.01. The molecule has 8 heavy (non-hydrogen) atoms. The second-order valence-corrected chi connectivity index (χ2v) is 2.30. The summed E-state index contributed by atoms with van der Waals surface area (Å²) in [5.41, 5.74) is 4.43. The van der Waals surface area contributed by atoms with Gasteiger partial charge in [0.2, 0.25) is 5.91 Å². The molecule has 0 atom stereocenters. The number of hydrogen-bond donors (Lipinski definition) is 2. The summed E-state index contributed by atoms with van der Waals surface area (Å²) in [7, 11) is 0. The second-order valence-electron chi connectivity index (χ2n) is 2.30. The number of primary amides is 1. The van der Waals surface area contributed by atoms with E-state index in [1.54, 1.807) is 0 Å². The van der Waals surface area contributed by atoms with Crippen molar-refractivity contribution in [2.75, 3.05) is 6.61 Å². The van der Waals surface area contributed by atoms with E-state index in [0.717, 1.165) is 12.8 Å². The van der Waals surface area contributed by atoms with Gasteiger partial charge in [-0.2, -0.15) is 0 Å². The minimum Gasteiger partial charge on any atom is -0.395 e. The van der Waals surface area contributed by atoms with Gasteiger partial charge in [0, 0.05) is 0 Å². The normalized spacial score (nSPS) is 22.6. The lowest BCUT2D eigenvalue weighted by Crippen LogP contribution is -2.27. The third-order valence-corrected chi connectivity index (χ3v) is 1.68. The van der Waals surface area contributed by atoms with Crippen LogP contribution in [0.2, 0.25) is 0 Å². The van der Waals surface area contributed by atoms with Crippen molar-refractivity contribution in [2.45, 2.75) is 12.8 Å². The first-order valence-electron chi connectivity index (χ1n) is 2.62. The summed E-state index contributed by atoms with van der Waals surface area (Å²) in [6, 6.07) is 0. The molecule has 1 aliphatic rings. The van der Waals surface area contributed by atoms with Crippen molar-refractivity contribution < 1.29 is 9.90 Å². The van der Waals surface area contributed by atoms with Crippen LogP contribution >= 0.6 is 0 Å². The van der Waals surface area contributed by atoms with Gasteiger partial charge >= 0.3 is 0 Å². The second kappa shape index (κ2) is 1.45. The van der Waals surface area contributed by atoms with Gasteiger partial charge in [0.05, 0.1) is 12.0 Å². The lowest BCUT2D eigenvalue weighted by atomic mass is 10.1. The van der Waals surface area contributed by atoms with E-state index in [0.29, 0.717) is 0 Å². The summed E-state index contributed by atoms with van der Waals surface area (Å²) in [5, 5.41) is 8.53. The van der Waals surface area contributed by atoms with Crippen LogP contribution < -0.4 is 5.73 Å². The molecule has 1 aliphatic carbocycles. The third kappa shape index (κ3) is 0.591. The van der Waals surface area contributed by atoms with E-state index >= 15 is 0 Å². The molecule has 1 fully saturated rings. The first-order valence-corrected chi connectivity index (χ1v) is 2.62. The maximum atomic E-state index is 10.4. The van der Waals surface area contributed by atoms with Gasteiger partial charge in [0.15, 0.2) is 0 Å². The molecule has 1 rings (SSSR count). The highest BCUT2D eigenvalue weighted by molar-refractivity contribution is 5.83. The van der Waals surface area contributed by atoms with Crippen LogP contribution in [0, 0.1) is 5.41 Å². The Morgan fingerprint density at radius 2 is 2.25 bits per heavy atom. The summed E-state index contributed by atoms with van der Waals surface area (Å²) in [6.45, 7) is -0.0810. The van der Waals surface area contributed by atoms with Gasteiger partial charge in [-0.3, -0.25) is 4.79 Å². The molecule has 0 bridgehead atoms. The van der Waals surface area contributed by atoms with E-state index in [2.05, 4.69) is 0 Å². The topological polar surface area (TPSA) is 63.3 Å². The molecule has 1 amide bonds. The molecule has 0 aromatic carbocycles. The number of nitrogens with two attached hydrogens (primary N) is 1. The maximum absolute atomic E-state index is 10.4. The molecule has 0 aromatic rings. The Balaban J connectivity index is 2.53. The van der Waals surface area contributed by atoms with Crippen LogP contribution in [0.3, 0.4) is 0 Å². The molecule has 0 heterocycles. The Bertz CT molecular complexity index is 118. The molecule has 0 radical (unpaired) electrons. The third-order valence-electron chi connectivity index (χ3n) is 1.68. The van der Waals surface area contributed by atoms with Crippen LogP contribution in [0.25, 0.3) is 0 Å². The van der Waals surface area contributed by atoms with Gasteiger partial charge in [-0.15, -0.1) is 0 Å². The number of aliphatic hydroxyl groups excluding tert-OH is 1. The molecule has 0 unspecified atom stereocenters. The van der Waals surface area contributed by atoms with Crippen molar-refractivity contribution in [2.24, 2.45) is 11.1 Å². The summed E-state index contributed by atoms with van der Waals surface area (Å²) in [6.07, 6.45) is 1.53. The van der Waals surface area contributed by atoms with Crippen molar-refractivity contribution in [1.82, 2.24) is 0 Å². The molecule has 0 aromatic heterocycles. The van der Waals surface area contributed by atoms with E-state index < -0.39 is 5.41 Å². The summed E-state index contributed by atoms with van der Waals surface area (Å²) < 4.78 is 0. The van der Waals surface area contributed by atoms with Gasteiger partial charge < -0.3 is 10.8 Å². The molecule has 3 nitrogen and oxygen atoms in total. The van der Waals surface area contributed by atoms with Crippen LogP contribution in [-0.2, 0) is 4.79 Å². The van der Waals surface area contributed by atoms with Crippen molar-refractivity contribution in [1.29, 1.82) is 0 Å². The Morgan fingerprint density at radius 1 is 1.75 bits per heavy atom. The maximum Gasteiger partial charge on any atom is 0.225 e. The van der Waals surface area contributed by atoms with E-state index in [4.69, 9.17) is 10.8 Å². The molecule has 0 aliphatic heterocycles. The van der Waals surface area contributed by atoms with E-state index in [-0.39, 0.29) is 12.5 Å². The number of carbonyl (C=O) groups is 1. The molecule has 3 N–H and O–H groups in total. The first kappa shape index (κ1) is 5.56. The van der Waals surface area contributed by atoms with Gasteiger partial charge in [-0.1, -0.05) is 0 Å². The molecular formula is C5H9NO2. The van der Waals surface area contributed by atoms with Crippen LogP contribution in [0.15, 0.2) is 0 Å². The number of carbonyl (C=O) groups excluding carboxylic acids is 1. The lowest BCUT2D eigenvalue weighted by molar-refractivity contribution is -0.124. The van der Waals surface area contributed by atoms with Crippen LogP contribution in [0.1, 0.15) is 12.8 Å². The van der Waals surface area contributed by atoms with Crippen LogP contribution in [0.4, 0.5) is 0 Å². The Morgan fingerprint density at radius 3 is 2.25 bits per heavy atom. The minimum absolute atomic E-state index is 0.0810. The number of rotatable bonds is 2. The smallest absolute Gasteiger partial charge is 0.225 e. The predicted molar refractivity (Wildman–Crippen MR) is 27.9 cm³/mol. The zero-order valence-electron chi connectivity index (χ0n) is 4.55. The Hall–Kier alpha value is -0.570. The molecule has 3 heteroatoms. The van der Waals surface area contributed by atoms with Crippen LogP contribution in [0.5, 0.6) is 0 Å². The van der Waals surface area contributed by atoms with Crippen molar-refractivity contribution in [3.8, 4) is 0 Å². The number of amides is 1. The summed E-state index contributed by atoms with van der Waals surface area (Å²) >= 11 is 0. The molecule has 1 saturated carbocycles. The highest BCUT2D eigenvalue weighted by Crippen LogP contribution is 2.44.